The van der Waals surface area contributed by atoms with Crippen LogP contribution < -0.4 is 5.32 Å². The molecule has 3 N–H and O–H groups in total. The van der Waals surface area contributed by atoms with Crippen molar-refractivity contribution in [3.8, 4) is 11.5 Å². The number of thioether (sulfide) groups is 1. The van der Waals surface area contributed by atoms with Gasteiger partial charge in [-0.05, 0) is 42.6 Å². The predicted molar refractivity (Wildman–Crippen MR) is 123 cm³/mol. The van der Waals surface area contributed by atoms with Gasteiger partial charge in [-0.1, -0.05) is 67.6 Å². The maximum Gasteiger partial charge on any atom is 0.325 e. The first-order valence-electron chi connectivity index (χ1n) is 10.3. The fraction of sp³-hybridized carbons (Fsp3) is 0.364. The molecule has 0 saturated carbocycles. The van der Waals surface area contributed by atoms with Crippen LogP contribution in [0.2, 0.25) is 0 Å². The van der Waals surface area contributed by atoms with Crippen molar-refractivity contribution >= 4 is 19.4 Å². The van der Waals surface area contributed by atoms with Crippen LogP contribution in [0, 0.1) is 0 Å². The van der Waals surface area contributed by atoms with Crippen molar-refractivity contribution < 1.29 is 18.8 Å². The third-order valence-corrected chi connectivity index (χ3v) is 6.76. The van der Waals surface area contributed by atoms with E-state index in [1.807, 2.05) is 42.5 Å². The summed E-state index contributed by atoms with van der Waals surface area (Å²) in [6.07, 6.45) is 2.44. The molecular formula is C22H28N3O4PS. The van der Waals surface area contributed by atoms with Gasteiger partial charge in [-0.25, -0.2) is 0 Å². The van der Waals surface area contributed by atoms with Crippen molar-refractivity contribution in [3.63, 3.8) is 0 Å². The lowest BCUT2D eigenvalue weighted by Gasteiger charge is -2.13. The summed E-state index contributed by atoms with van der Waals surface area (Å²) >= 11 is 1.60. The number of hydrogen-bond acceptors (Lipinski definition) is 6. The van der Waals surface area contributed by atoms with Crippen LogP contribution in [0.15, 0.2) is 64.2 Å². The number of hydrogen-bond donors (Lipinski definition) is 3. The molecule has 2 aromatic carbocycles. The second kappa shape index (κ2) is 11.6. The van der Waals surface area contributed by atoms with Gasteiger partial charge in [0.05, 0.1) is 6.16 Å². The molecule has 1 heterocycles. The Hall–Kier alpha value is -1.96. The summed E-state index contributed by atoms with van der Waals surface area (Å²) in [4.78, 5) is 17.7. The van der Waals surface area contributed by atoms with E-state index in [-0.39, 0.29) is 11.4 Å². The van der Waals surface area contributed by atoms with Crippen LogP contribution in [-0.2, 0) is 11.1 Å². The molecule has 0 aliphatic rings. The van der Waals surface area contributed by atoms with E-state index in [0.717, 1.165) is 24.0 Å². The van der Waals surface area contributed by atoms with Gasteiger partial charge >= 0.3 is 7.60 Å². The van der Waals surface area contributed by atoms with Crippen molar-refractivity contribution in [1.29, 1.82) is 0 Å². The lowest BCUT2D eigenvalue weighted by atomic mass is 10.1. The molecule has 0 fully saturated rings. The van der Waals surface area contributed by atoms with E-state index >= 15 is 0 Å². The van der Waals surface area contributed by atoms with Crippen LogP contribution in [-0.4, -0.2) is 32.7 Å². The summed E-state index contributed by atoms with van der Waals surface area (Å²) in [6, 6.07) is 18.2. The van der Waals surface area contributed by atoms with E-state index in [9.17, 15) is 4.57 Å². The molecule has 0 bridgehead atoms. The molecule has 0 aliphatic carbocycles. The van der Waals surface area contributed by atoms with Gasteiger partial charge in [0, 0.05) is 17.4 Å². The van der Waals surface area contributed by atoms with Crippen LogP contribution in [0.5, 0.6) is 0 Å². The predicted octanol–water partition coefficient (Wildman–Crippen LogP) is 5.03. The first kappa shape index (κ1) is 23.7. The molecule has 0 saturated heterocycles. The number of nitrogens with zero attached hydrogens (tertiary/aromatic N) is 2. The first-order chi connectivity index (χ1) is 14.9. The summed E-state index contributed by atoms with van der Waals surface area (Å²) in [6.45, 7) is 3.35. The van der Waals surface area contributed by atoms with Gasteiger partial charge in [0.25, 0.3) is 5.22 Å². The normalized spacial score (nSPS) is 12.7. The van der Waals surface area contributed by atoms with Crippen LogP contribution in [0.1, 0.15) is 42.6 Å². The SMILES string of the molecule is CCCC(Sc1nnc(-c2ccc(CNCCCP(=O)(O)O)cc2)o1)c1ccccc1. The maximum atomic E-state index is 10.8. The second-order valence-electron chi connectivity index (χ2n) is 7.29. The molecule has 0 aliphatic heterocycles. The average molecular weight is 462 g/mol. The first-order valence-corrected chi connectivity index (χ1v) is 13.0. The zero-order valence-corrected chi connectivity index (χ0v) is 19.2. The van der Waals surface area contributed by atoms with E-state index < -0.39 is 7.60 Å². The number of aromatic nitrogens is 2. The number of benzene rings is 2. The molecule has 166 valence electrons. The highest BCUT2D eigenvalue weighted by Crippen LogP contribution is 2.38. The summed E-state index contributed by atoms with van der Waals surface area (Å²) in [5, 5.41) is 12.5. The highest BCUT2D eigenvalue weighted by molar-refractivity contribution is 7.99. The minimum absolute atomic E-state index is 0.0974. The molecule has 1 unspecified atom stereocenters. The van der Waals surface area contributed by atoms with Gasteiger partial charge in [-0.3, -0.25) is 4.57 Å². The minimum atomic E-state index is -3.91. The third-order valence-electron chi connectivity index (χ3n) is 4.70. The summed E-state index contributed by atoms with van der Waals surface area (Å²) in [5.74, 6) is 0.493. The Morgan fingerprint density at radius 3 is 2.52 bits per heavy atom. The van der Waals surface area contributed by atoms with Gasteiger partial charge in [0.1, 0.15) is 0 Å². The molecule has 1 aromatic heterocycles. The largest absolute Gasteiger partial charge is 0.411 e. The third kappa shape index (κ3) is 7.91. The molecule has 3 aromatic rings. The van der Waals surface area contributed by atoms with Crippen LogP contribution in [0.3, 0.4) is 0 Å². The highest BCUT2D eigenvalue weighted by atomic mass is 32.2. The molecule has 9 heteroatoms. The lowest BCUT2D eigenvalue weighted by molar-refractivity contribution is 0.371. The molecule has 1 atom stereocenters. The molecule has 3 rings (SSSR count). The summed E-state index contributed by atoms with van der Waals surface area (Å²) in [7, 11) is -3.91. The number of rotatable bonds is 12. The van der Waals surface area contributed by atoms with Crippen LogP contribution in [0.25, 0.3) is 11.5 Å². The fourth-order valence-electron chi connectivity index (χ4n) is 3.13. The Kier molecular flexibility index (Phi) is 8.87. The lowest BCUT2D eigenvalue weighted by Crippen LogP contribution is -2.15. The van der Waals surface area contributed by atoms with E-state index in [2.05, 4.69) is 34.6 Å². The topological polar surface area (TPSA) is 108 Å². The van der Waals surface area contributed by atoms with Gasteiger partial charge in [0.15, 0.2) is 0 Å². The van der Waals surface area contributed by atoms with Gasteiger partial charge in [-0.2, -0.15) is 0 Å². The van der Waals surface area contributed by atoms with E-state index in [1.54, 1.807) is 11.8 Å². The minimum Gasteiger partial charge on any atom is -0.411 e. The Bertz CT molecular complexity index is 976. The Morgan fingerprint density at radius 2 is 1.84 bits per heavy atom. The summed E-state index contributed by atoms with van der Waals surface area (Å²) < 4.78 is 16.8. The zero-order chi connectivity index (χ0) is 22.1. The van der Waals surface area contributed by atoms with Crippen molar-refractivity contribution in [2.75, 3.05) is 12.7 Å². The quantitative estimate of drug-likeness (QED) is 0.196. The van der Waals surface area contributed by atoms with Crippen LogP contribution in [0.4, 0.5) is 0 Å². The molecular weight excluding hydrogens is 433 g/mol. The Balaban J connectivity index is 1.55. The van der Waals surface area contributed by atoms with Crippen molar-refractivity contribution in [3.05, 3.63) is 65.7 Å². The second-order valence-corrected chi connectivity index (χ2v) is 10.2. The van der Waals surface area contributed by atoms with E-state index in [4.69, 9.17) is 14.2 Å². The zero-order valence-electron chi connectivity index (χ0n) is 17.5. The molecule has 0 amide bonds. The smallest absolute Gasteiger partial charge is 0.325 e. The highest BCUT2D eigenvalue weighted by Gasteiger charge is 2.17. The van der Waals surface area contributed by atoms with Gasteiger partial charge < -0.3 is 19.5 Å². The fourth-order valence-corrected chi connectivity index (χ4v) is 4.80. The van der Waals surface area contributed by atoms with Crippen molar-refractivity contribution in [2.45, 2.75) is 43.2 Å². The van der Waals surface area contributed by atoms with E-state index in [0.29, 0.717) is 30.6 Å². The van der Waals surface area contributed by atoms with Gasteiger partial charge in [0.2, 0.25) is 5.89 Å². The number of nitrogens with one attached hydrogen (secondary N) is 1. The van der Waals surface area contributed by atoms with Crippen molar-refractivity contribution in [1.82, 2.24) is 15.5 Å². The Morgan fingerprint density at radius 1 is 1.10 bits per heavy atom. The molecule has 0 spiro atoms. The monoisotopic (exact) mass is 461 g/mol. The summed E-state index contributed by atoms with van der Waals surface area (Å²) in [5.41, 5.74) is 3.18. The van der Waals surface area contributed by atoms with E-state index in [1.165, 1.54) is 5.56 Å². The molecule has 31 heavy (non-hydrogen) atoms. The molecule has 7 nitrogen and oxygen atoms in total. The molecule has 0 radical (unpaired) electrons. The standard InChI is InChI=1S/C22H28N3O4PS/c1-2-7-20(18-8-4-3-5-9-18)31-22-25-24-21(29-22)19-12-10-17(11-13-19)16-23-14-6-15-30(26,27)28/h3-5,8-13,20,23H,2,6-7,14-16H2,1H3,(H2,26,27,28). The van der Waals surface area contributed by atoms with Crippen LogP contribution >= 0.6 is 19.4 Å². The van der Waals surface area contributed by atoms with Gasteiger partial charge in [-0.15, -0.1) is 10.2 Å². The average Bonchev–Trinajstić information content (AvgIpc) is 3.22. The Labute approximate surface area is 186 Å². The van der Waals surface area contributed by atoms with Crippen molar-refractivity contribution in [2.24, 2.45) is 0 Å². The maximum absolute atomic E-state index is 10.8.